The van der Waals surface area contributed by atoms with Crippen molar-refractivity contribution >= 4 is 6.03 Å². The van der Waals surface area contributed by atoms with E-state index in [2.05, 4.69) is 17.3 Å². The predicted molar refractivity (Wildman–Crippen MR) is 92.4 cm³/mol. The van der Waals surface area contributed by atoms with Crippen molar-refractivity contribution < 1.29 is 13.9 Å². The van der Waals surface area contributed by atoms with Crippen LogP contribution in [0.5, 0.6) is 0 Å². The molecule has 0 aromatic heterocycles. The van der Waals surface area contributed by atoms with E-state index in [4.69, 9.17) is 4.74 Å². The molecule has 0 saturated carbocycles. The van der Waals surface area contributed by atoms with Gasteiger partial charge in [-0.05, 0) is 50.6 Å². The highest BCUT2D eigenvalue weighted by Gasteiger charge is 2.22. The van der Waals surface area contributed by atoms with Crippen LogP contribution in [0.2, 0.25) is 0 Å². The zero-order valence-electron chi connectivity index (χ0n) is 14.6. The second kappa shape index (κ2) is 9.59. The lowest BCUT2D eigenvalue weighted by atomic mass is 10.1. The van der Waals surface area contributed by atoms with Gasteiger partial charge >= 0.3 is 6.03 Å². The van der Waals surface area contributed by atoms with E-state index in [1.54, 1.807) is 24.1 Å². The number of nitrogens with one attached hydrogen (secondary N) is 1. The van der Waals surface area contributed by atoms with Gasteiger partial charge in [0.25, 0.3) is 0 Å². The average Bonchev–Trinajstić information content (AvgIpc) is 2.56. The Labute approximate surface area is 143 Å². The molecule has 5 nitrogen and oxygen atoms in total. The summed E-state index contributed by atoms with van der Waals surface area (Å²) in [7, 11) is 3.73. The van der Waals surface area contributed by atoms with Gasteiger partial charge in [0.2, 0.25) is 0 Å². The maximum Gasteiger partial charge on any atom is 0.317 e. The van der Waals surface area contributed by atoms with E-state index in [0.717, 1.165) is 37.9 Å². The first-order valence-electron chi connectivity index (χ1n) is 8.56. The molecule has 6 heteroatoms. The Morgan fingerprint density at radius 1 is 1.42 bits per heavy atom. The number of carbonyl (C=O) groups excluding carboxylic acids is 1. The molecule has 1 aliphatic heterocycles. The summed E-state index contributed by atoms with van der Waals surface area (Å²) >= 11 is 0. The number of hydrogen-bond acceptors (Lipinski definition) is 3. The fraction of sp³-hybridized carbons (Fsp3) is 0.611. The van der Waals surface area contributed by atoms with Crippen LogP contribution in [0, 0.1) is 5.82 Å². The number of nitrogens with zero attached hydrogens (tertiary/aromatic N) is 2. The summed E-state index contributed by atoms with van der Waals surface area (Å²) in [5, 5.41) is 3.14. The molecule has 2 rings (SSSR count). The van der Waals surface area contributed by atoms with Crippen molar-refractivity contribution in [3.05, 3.63) is 35.6 Å². The Bertz CT molecular complexity index is 509. The van der Waals surface area contributed by atoms with Gasteiger partial charge in [-0.1, -0.05) is 12.1 Å². The van der Waals surface area contributed by atoms with Gasteiger partial charge in [0.1, 0.15) is 5.82 Å². The topological polar surface area (TPSA) is 44.8 Å². The van der Waals surface area contributed by atoms with E-state index >= 15 is 0 Å². The van der Waals surface area contributed by atoms with Gasteiger partial charge in [-0.3, -0.25) is 0 Å². The zero-order chi connectivity index (χ0) is 17.4. The Balaban J connectivity index is 1.95. The molecule has 1 heterocycles. The average molecular weight is 337 g/mol. The van der Waals surface area contributed by atoms with Crippen molar-refractivity contribution in [1.29, 1.82) is 0 Å². The Morgan fingerprint density at radius 2 is 2.17 bits per heavy atom. The summed E-state index contributed by atoms with van der Waals surface area (Å²) < 4.78 is 18.2. The highest BCUT2D eigenvalue weighted by molar-refractivity contribution is 5.74. The minimum atomic E-state index is -0.264. The fourth-order valence-electron chi connectivity index (χ4n) is 3.01. The van der Waals surface area contributed by atoms with Crippen LogP contribution < -0.4 is 5.32 Å². The van der Waals surface area contributed by atoms with Gasteiger partial charge < -0.3 is 19.9 Å². The molecule has 0 spiro atoms. The molecule has 0 aliphatic carbocycles. The molecular formula is C18H28FN3O2. The zero-order valence-corrected chi connectivity index (χ0v) is 14.6. The van der Waals surface area contributed by atoms with Crippen molar-refractivity contribution in [2.24, 2.45) is 0 Å². The summed E-state index contributed by atoms with van der Waals surface area (Å²) in [5.41, 5.74) is 0.921. The SMILES string of the molecule is COCCCN(Cc1ccc(F)cc1)C(=O)N[C@H]1CCCN(C)C1. The molecule has 1 saturated heterocycles. The molecule has 1 N–H and O–H groups in total. The number of urea groups is 1. The standard InChI is InChI=1S/C18H28FN3O2/c1-21-10-3-5-17(14-21)20-18(23)22(11-4-12-24-2)13-15-6-8-16(19)9-7-15/h6-9,17H,3-5,10-14H2,1-2H3,(H,20,23)/t17-/m0/s1. The third-order valence-electron chi connectivity index (χ3n) is 4.30. The molecule has 1 aromatic rings. The monoisotopic (exact) mass is 337 g/mol. The number of likely N-dealkylation sites (N-methyl/N-ethyl adjacent to an activating group) is 1. The normalized spacial score (nSPS) is 18.4. The molecule has 134 valence electrons. The van der Waals surface area contributed by atoms with Crippen LogP contribution >= 0.6 is 0 Å². The van der Waals surface area contributed by atoms with E-state index in [0.29, 0.717) is 19.7 Å². The largest absolute Gasteiger partial charge is 0.385 e. The van der Waals surface area contributed by atoms with Gasteiger partial charge in [0.05, 0.1) is 0 Å². The van der Waals surface area contributed by atoms with Crippen molar-refractivity contribution in [3.8, 4) is 0 Å². The fourth-order valence-corrected chi connectivity index (χ4v) is 3.01. The smallest absolute Gasteiger partial charge is 0.317 e. The first-order valence-corrected chi connectivity index (χ1v) is 8.56. The Kier molecular flexibility index (Phi) is 7.46. The van der Waals surface area contributed by atoms with Crippen LogP contribution in [0.1, 0.15) is 24.8 Å². The maximum absolute atomic E-state index is 13.1. The molecule has 0 bridgehead atoms. The first-order chi connectivity index (χ1) is 11.6. The summed E-state index contributed by atoms with van der Waals surface area (Å²) in [6, 6.07) is 6.43. The molecule has 1 atom stereocenters. The van der Waals surface area contributed by atoms with Crippen LogP contribution in [0.15, 0.2) is 24.3 Å². The number of rotatable bonds is 7. The predicted octanol–water partition coefficient (Wildman–Crippen LogP) is 2.47. The number of benzene rings is 1. The summed E-state index contributed by atoms with van der Waals surface area (Å²) in [4.78, 5) is 16.7. The second-order valence-corrected chi connectivity index (χ2v) is 6.45. The van der Waals surface area contributed by atoms with Gasteiger partial charge in [-0.2, -0.15) is 0 Å². The number of hydrogen-bond donors (Lipinski definition) is 1. The number of amides is 2. The number of piperidine rings is 1. The van der Waals surface area contributed by atoms with Crippen LogP contribution in [0.3, 0.4) is 0 Å². The summed E-state index contributed by atoms with van der Waals surface area (Å²) in [6.45, 7) is 3.66. The Morgan fingerprint density at radius 3 is 2.83 bits per heavy atom. The number of methoxy groups -OCH3 is 1. The molecule has 1 fully saturated rings. The molecule has 2 amide bonds. The molecule has 24 heavy (non-hydrogen) atoms. The third-order valence-corrected chi connectivity index (χ3v) is 4.30. The highest BCUT2D eigenvalue weighted by Crippen LogP contribution is 2.11. The maximum atomic E-state index is 13.1. The molecule has 0 unspecified atom stereocenters. The van der Waals surface area contributed by atoms with Gasteiger partial charge in [-0.15, -0.1) is 0 Å². The van der Waals surface area contributed by atoms with E-state index < -0.39 is 0 Å². The van der Waals surface area contributed by atoms with Crippen LogP contribution in [0.4, 0.5) is 9.18 Å². The molecule has 0 radical (unpaired) electrons. The number of halogens is 1. The highest BCUT2D eigenvalue weighted by atomic mass is 19.1. The minimum absolute atomic E-state index is 0.0595. The molecular weight excluding hydrogens is 309 g/mol. The van der Waals surface area contributed by atoms with Crippen molar-refractivity contribution in [2.75, 3.05) is 40.4 Å². The lowest BCUT2D eigenvalue weighted by molar-refractivity contribution is 0.158. The lowest BCUT2D eigenvalue weighted by Crippen LogP contribution is -2.50. The van der Waals surface area contributed by atoms with Crippen LogP contribution in [-0.2, 0) is 11.3 Å². The van der Waals surface area contributed by atoms with E-state index in [9.17, 15) is 9.18 Å². The number of carbonyl (C=O) groups is 1. The van der Waals surface area contributed by atoms with E-state index in [1.165, 1.54) is 12.1 Å². The van der Waals surface area contributed by atoms with E-state index in [1.807, 2.05) is 0 Å². The van der Waals surface area contributed by atoms with E-state index in [-0.39, 0.29) is 17.9 Å². The number of likely N-dealkylation sites (tertiary alicyclic amines) is 1. The Hall–Kier alpha value is -1.66. The second-order valence-electron chi connectivity index (χ2n) is 6.45. The summed E-state index contributed by atoms with van der Waals surface area (Å²) in [5.74, 6) is -0.264. The minimum Gasteiger partial charge on any atom is -0.385 e. The lowest BCUT2D eigenvalue weighted by Gasteiger charge is -2.32. The molecule has 1 aliphatic rings. The number of ether oxygens (including phenoxy) is 1. The molecule has 1 aromatic carbocycles. The van der Waals surface area contributed by atoms with Gasteiger partial charge in [0.15, 0.2) is 0 Å². The van der Waals surface area contributed by atoms with Crippen molar-refractivity contribution in [3.63, 3.8) is 0 Å². The third kappa shape index (κ3) is 6.09. The summed E-state index contributed by atoms with van der Waals surface area (Å²) in [6.07, 6.45) is 2.89. The van der Waals surface area contributed by atoms with Crippen LogP contribution in [-0.4, -0.2) is 62.3 Å². The van der Waals surface area contributed by atoms with Crippen molar-refractivity contribution in [1.82, 2.24) is 15.1 Å². The quantitative estimate of drug-likeness (QED) is 0.778. The first kappa shape index (κ1) is 18.7. The van der Waals surface area contributed by atoms with Crippen LogP contribution in [0.25, 0.3) is 0 Å². The van der Waals surface area contributed by atoms with Crippen molar-refractivity contribution in [2.45, 2.75) is 31.8 Å². The van der Waals surface area contributed by atoms with Gasteiger partial charge in [-0.25, -0.2) is 9.18 Å². The van der Waals surface area contributed by atoms with Gasteiger partial charge in [0, 0.05) is 39.4 Å².